The SMILES string of the molecule is CCc1onc(C)c1C1CCCN1S(=O)(=O)c1ccc(Br)cc1. The van der Waals surface area contributed by atoms with Crippen molar-refractivity contribution in [2.45, 2.75) is 44.0 Å². The fourth-order valence-corrected chi connectivity index (χ4v) is 5.09. The number of rotatable bonds is 4. The molecule has 0 spiro atoms. The van der Waals surface area contributed by atoms with Gasteiger partial charge in [0.25, 0.3) is 0 Å². The van der Waals surface area contributed by atoms with Crippen molar-refractivity contribution in [1.29, 1.82) is 0 Å². The predicted octanol–water partition coefficient (Wildman–Crippen LogP) is 3.83. The average molecular weight is 399 g/mol. The second kappa shape index (κ2) is 6.37. The van der Waals surface area contributed by atoms with Crippen molar-refractivity contribution in [2.75, 3.05) is 6.54 Å². The maximum atomic E-state index is 13.0. The maximum absolute atomic E-state index is 13.0. The second-order valence-corrected chi connectivity index (χ2v) is 8.49. The molecule has 0 N–H and O–H groups in total. The zero-order valence-corrected chi connectivity index (χ0v) is 15.5. The van der Waals surface area contributed by atoms with Gasteiger partial charge in [-0.05, 0) is 44.0 Å². The molecule has 23 heavy (non-hydrogen) atoms. The minimum absolute atomic E-state index is 0.190. The number of nitrogens with zero attached hydrogens (tertiary/aromatic N) is 2. The van der Waals surface area contributed by atoms with E-state index in [0.717, 1.165) is 34.3 Å². The Kier molecular flexibility index (Phi) is 4.62. The van der Waals surface area contributed by atoms with E-state index in [1.54, 1.807) is 28.6 Å². The van der Waals surface area contributed by atoms with Crippen molar-refractivity contribution in [3.8, 4) is 0 Å². The molecule has 0 aliphatic carbocycles. The zero-order chi connectivity index (χ0) is 16.6. The van der Waals surface area contributed by atoms with Gasteiger partial charge in [-0.15, -0.1) is 0 Å². The summed E-state index contributed by atoms with van der Waals surface area (Å²) in [7, 11) is -3.53. The lowest BCUT2D eigenvalue weighted by Gasteiger charge is -2.24. The lowest BCUT2D eigenvalue weighted by Crippen LogP contribution is -2.31. The average Bonchev–Trinajstić information content (AvgIpc) is 3.13. The molecule has 0 bridgehead atoms. The Balaban J connectivity index is 2.01. The summed E-state index contributed by atoms with van der Waals surface area (Å²) in [5, 5.41) is 4.03. The van der Waals surface area contributed by atoms with Crippen LogP contribution < -0.4 is 0 Å². The minimum atomic E-state index is -3.53. The molecule has 1 atom stereocenters. The molecule has 7 heteroatoms. The van der Waals surface area contributed by atoms with Gasteiger partial charge in [0.1, 0.15) is 5.76 Å². The number of hydrogen-bond donors (Lipinski definition) is 0. The lowest BCUT2D eigenvalue weighted by atomic mass is 10.0. The summed E-state index contributed by atoms with van der Waals surface area (Å²) in [5.74, 6) is 0.783. The molecular formula is C16H19BrN2O3S. The van der Waals surface area contributed by atoms with E-state index in [2.05, 4.69) is 21.1 Å². The third-order valence-electron chi connectivity index (χ3n) is 4.26. The van der Waals surface area contributed by atoms with Crippen LogP contribution in [0.3, 0.4) is 0 Å². The van der Waals surface area contributed by atoms with E-state index in [1.807, 2.05) is 13.8 Å². The number of hydrogen-bond acceptors (Lipinski definition) is 4. The Morgan fingerprint density at radius 1 is 1.35 bits per heavy atom. The summed E-state index contributed by atoms with van der Waals surface area (Å²) in [6.45, 7) is 4.39. The summed E-state index contributed by atoms with van der Waals surface area (Å²) in [4.78, 5) is 0.319. The highest BCUT2D eigenvalue weighted by atomic mass is 79.9. The molecule has 1 fully saturated rings. The Labute approximate surface area is 144 Å². The standard InChI is InChI=1S/C16H19BrN2O3S/c1-3-15-16(11(2)18-22-15)14-5-4-10-19(14)23(20,21)13-8-6-12(17)7-9-13/h6-9,14H,3-5,10H2,1-2H3. The van der Waals surface area contributed by atoms with Crippen LogP contribution in [-0.2, 0) is 16.4 Å². The van der Waals surface area contributed by atoms with Gasteiger partial charge in [-0.1, -0.05) is 28.0 Å². The van der Waals surface area contributed by atoms with Crippen LogP contribution in [0.5, 0.6) is 0 Å². The fraction of sp³-hybridized carbons (Fsp3) is 0.438. The first-order valence-corrected chi connectivity index (χ1v) is 9.91. The van der Waals surface area contributed by atoms with Crippen LogP contribution in [0.2, 0.25) is 0 Å². The van der Waals surface area contributed by atoms with Gasteiger partial charge < -0.3 is 4.52 Å². The quantitative estimate of drug-likeness (QED) is 0.784. The van der Waals surface area contributed by atoms with E-state index < -0.39 is 10.0 Å². The first-order valence-electron chi connectivity index (χ1n) is 7.67. The Morgan fingerprint density at radius 3 is 2.70 bits per heavy atom. The van der Waals surface area contributed by atoms with Crippen molar-refractivity contribution in [3.63, 3.8) is 0 Å². The third kappa shape index (κ3) is 2.97. The van der Waals surface area contributed by atoms with Crippen LogP contribution in [0.15, 0.2) is 38.2 Å². The van der Waals surface area contributed by atoms with Gasteiger partial charge in [0.05, 0.1) is 16.6 Å². The Morgan fingerprint density at radius 2 is 2.04 bits per heavy atom. The van der Waals surface area contributed by atoms with E-state index in [0.29, 0.717) is 17.9 Å². The van der Waals surface area contributed by atoms with Crippen LogP contribution in [0.1, 0.15) is 42.8 Å². The van der Waals surface area contributed by atoms with Gasteiger partial charge in [0, 0.05) is 23.0 Å². The molecule has 3 rings (SSSR count). The molecule has 1 saturated heterocycles. The van der Waals surface area contributed by atoms with Crippen molar-refractivity contribution < 1.29 is 12.9 Å². The minimum Gasteiger partial charge on any atom is -0.361 e. The smallest absolute Gasteiger partial charge is 0.243 e. The molecule has 0 amide bonds. The van der Waals surface area contributed by atoms with Gasteiger partial charge in [0.15, 0.2) is 0 Å². The molecule has 124 valence electrons. The first-order chi connectivity index (χ1) is 10.9. The molecule has 1 aliphatic rings. The highest BCUT2D eigenvalue weighted by molar-refractivity contribution is 9.10. The van der Waals surface area contributed by atoms with E-state index in [1.165, 1.54) is 0 Å². The summed E-state index contributed by atoms with van der Waals surface area (Å²) in [5.41, 5.74) is 1.72. The monoisotopic (exact) mass is 398 g/mol. The Bertz CT molecular complexity index is 799. The molecule has 2 aromatic rings. The molecule has 5 nitrogen and oxygen atoms in total. The van der Waals surface area contributed by atoms with E-state index in [-0.39, 0.29) is 6.04 Å². The molecule has 1 unspecified atom stereocenters. The number of halogens is 1. The lowest BCUT2D eigenvalue weighted by molar-refractivity contribution is 0.368. The van der Waals surface area contributed by atoms with E-state index in [9.17, 15) is 8.42 Å². The van der Waals surface area contributed by atoms with E-state index >= 15 is 0 Å². The van der Waals surface area contributed by atoms with Crippen LogP contribution in [0.4, 0.5) is 0 Å². The molecule has 0 saturated carbocycles. The van der Waals surface area contributed by atoms with Crippen LogP contribution in [0, 0.1) is 6.92 Å². The summed E-state index contributed by atoms with van der Waals surface area (Å²) in [6.07, 6.45) is 2.35. The topological polar surface area (TPSA) is 63.4 Å². The zero-order valence-electron chi connectivity index (χ0n) is 13.1. The van der Waals surface area contributed by atoms with Gasteiger partial charge in [-0.2, -0.15) is 4.31 Å². The van der Waals surface area contributed by atoms with Crippen LogP contribution >= 0.6 is 15.9 Å². The fourth-order valence-electron chi connectivity index (χ4n) is 3.16. The van der Waals surface area contributed by atoms with Gasteiger partial charge >= 0.3 is 0 Å². The maximum Gasteiger partial charge on any atom is 0.243 e. The molecule has 1 aliphatic heterocycles. The summed E-state index contributed by atoms with van der Waals surface area (Å²) < 4.78 is 33.9. The van der Waals surface area contributed by atoms with Gasteiger partial charge in [-0.3, -0.25) is 0 Å². The third-order valence-corrected chi connectivity index (χ3v) is 6.71. The number of aromatic nitrogens is 1. The molecule has 0 radical (unpaired) electrons. The molecule has 2 heterocycles. The number of benzene rings is 1. The van der Waals surface area contributed by atoms with Crippen molar-refractivity contribution in [1.82, 2.24) is 9.46 Å². The highest BCUT2D eigenvalue weighted by Gasteiger charge is 2.39. The van der Waals surface area contributed by atoms with Crippen molar-refractivity contribution in [3.05, 3.63) is 45.8 Å². The molecule has 1 aromatic carbocycles. The summed E-state index contributed by atoms with van der Waals surface area (Å²) in [6, 6.07) is 6.58. The van der Waals surface area contributed by atoms with Crippen LogP contribution in [-0.4, -0.2) is 24.4 Å². The first kappa shape index (κ1) is 16.7. The highest BCUT2D eigenvalue weighted by Crippen LogP contribution is 2.39. The number of aryl methyl sites for hydroxylation is 2. The van der Waals surface area contributed by atoms with Crippen molar-refractivity contribution >= 4 is 26.0 Å². The largest absolute Gasteiger partial charge is 0.361 e. The van der Waals surface area contributed by atoms with Crippen molar-refractivity contribution in [2.24, 2.45) is 0 Å². The van der Waals surface area contributed by atoms with E-state index in [4.69, 9.17) is 4.52 Å². The summed E-state index contributed by atoms with van der Waals surface area (Å²) >= 11 is 3.34. The Hall–Kier alpha value is -1.18. The molecular weight excluding hydrogens is 380 g/mol. The molecule has 1 aromatic heterocycles. The second-order valence-electron chi connectivity index (χ2n) is 5.69. The predicted molar refractivity (Wildman–Crippen MR) is 90.6 cm³/mol. The normalized spacial score (nSPS) is 19.3. The number of sulfonamides is 1. The van der Waals surface area contributed by atoms with Gasteiger partial charge in [0.2, 0.25) is 10.0 Å². The van der Waals surface area contributed by atoms with Gasteiger partial charge in [-0.25, -0.2) is 8.42 Å². The van der Waals surface area contributed by atoms with Crippen LogP contribution in [0.25, 0.3) is 0 Å².